The molecule has 0 unspecified atom stereocenters. The fraction of sp³-hybridized carbons (Fsp3) is 0.333. The van der Waals surface area contributed by atoms with Crippen LogP contribution < -0.4 is 15.4 Å². The number of alkyl halides is 3. The number of anilines is 1. The largest absolute Gasteiger partial charge is 0.493 e. The summed E-state index contributed by atoms with van der Waals surface area (Å²) in [6, 6.07) is 9.61. The van der Waals surface area contributed by atoms with Gasteiger partial charge in [0.1, 0.15) is 5.75 Å². The standard InChI is InChI=1S/C21H22BrF3N2O2S/c1-2-3-4-5-11-29-18-10-9-15(22)13-17(18)19(28)27-20(30)26-16-8-6-7-14(12-16)21(23,24)25/h6-10,12-13H,2-5,11H2,1H3,(H2,26,27,28,30). The van der Waals surface area contributed by atoms with Crippen LogP contribution in [0.5, 0.6) is 5.75 Å². The van der Waals surface area contributed by atoms with Crippen molar-refractivity contribution in [3.8, 4) is 5.75 Å². The Labute approximate surface area is 187 Å². The monoisotopic (exact) mass is 502 g/mol. The number of amides is 1. The lowest BCUT2D eigenvalue weighted by Crippen LogP contribution is -2.34. The third kappa shape index (κ3) is 7.60. The van der Waals surface area contributed by atoms with Gasteiger partial charge in [-0.25, -0.2) is 0 Å². The lowest BCUT2D eigenvalue weighted by atomic mass is 10.2. The van der Waals surface area contributed by atoms with Crippen molar-refractivity contribution in [1.82, 2.24) is 5.32 Å². The average Bonchev–Trinajstić information content (AvgIpc) is 2.68. The van der Waals surface area contributed by atoms with Gasteiger partial charge in [0.2, 0.25) is 0 Å². The zero-order chi connectivity index (χ0) is 22.1. The summed E-state index contributed by atoms with van der Waals surface area (Å²) < 4.78 is 44.9. The van der Waals surface area contributed by atoms with Crippen molar-refractivity contribution in [2.75, 3.05) is 11.9 Å². The first-order valence-electron chi connectivity index (χ1n) is 9.42. The van der Waals surface area contributed by atoms with E-state index in [2.05, 4.69) is 33.5 Å². The van der Waals surface area contributed by atoms with Gasteiger partial charge in [0.25, 0.3) is 5.91 Å². The maximum atomic E-state index is 12.8. The Morgan fingerprint density at radius 3 is 2.60 bits per heavy atom. The van der Waals surface area contributed by atoms with Crippen LogP contribution in [0.25, 0.3) is 0 Å². The van der Waals surface area contributed by atoms with E-state index in [1.165, 1.54) is 12.1 Å². The number of nitrogens with one attached hydrogen (secondary N) is 2. The molecule has 2 N–H and O–H groups in total. The van der Waals surface area contributed by atoms with Gasteiger partial charge in [0.05, 0.1) is 17.7 Å². The lowest BCUT2D eigenvalue weighted by Gasteiger charge is -2.14. The van der Waals surface area contributed by atoms with E-state index < -0.39 is 17.6 Å². The molecule has 0 heterocycles. The summed E-state index contributed by atoms with van der Waals surface area (Å²) in [5, 5.41) is 4.97. The van der Waals surface area contributed by atoms with Crippen molar-refractivity contribution in [1.29, 1.82) is 0 Å². The number of halogens is 4. The van der Waals surface area contributed by atoms with Crippen LogP contribution in [0, 0.1) is 0 Å². The van der Waals surface area contributed by atoms with Crippen LogP contribution in [0.15, 0.2) is 46.9 Å². The van der Waals surface area contributed by atoms with Crippen LogP contribution in [0.3, 0.4) is 0 Å². The van der Waals surface area contributed by atoms with Crippen molar-refractivity contribution in [3.63, 3.8) is 0 Å². The Hall–Kier alpha value is -2.13. The van der Waals surface area contributed by atoms with E-state index in [1.54, 1.807) is 18.2 Å². The number of unbranched alkanes of at least 4 members (excludes halogenated alkanes) is 3. The fourth-order valence-electron chi connectivity index (χ4n) is 2.62. The second kappa shape index (κ2) is 11.3. The SMILES string of the molecule is CCCCCCOc1ccc(Br)cc1C(=O)NC(=S)Nc1cccc(C(F)(F)F)c1. The molecule has 2 aromatic carbocycles. The summed E-state index contributed by atoms with van der Waals surface area (Å²) in [4.78, 5) is 12.7. The van der Waals surface area contributed by atoms with Crippen molar-refractivity contribution < 1.29 is 22.7 Å². The zero-order valence-electron chi connectivity index (χ0n) is 16.3. The second-order valence-corrected chi connectivity index (χ2v) is 7.86. The molecule has 2 rings (SSSR count). The summed E-state index contributed by atoms with van der Waals surface area (Å²) in [5.41, 5.74) is -0.419. The van der Waals surface area contributed by atoms with Gasteiger partial charge in [-0.3, -0.25) is 10.1 Å². The van der Waals surface area contributed by atoms with Crippen molar-refractivity contribution in [3.05, 3.63) is 58.1 Å². The molecule has 162 valence electrons. The molecular formula is C21H22BrF3N2O2S. The van der Waals surface area contributed by atoms with Gasteiger partial charge in [-0.2, -0.15) is 13.2 Å². The van der Waals surface area contributed by atoms with Gasteiger partial charge in [0, 0.05) is 10.2 Å². The molecule has 0 saturated heterocycles. The highest BCUT2D eigenvalue weighted by Crippen LogP contribution is 2.30. The zero-order valence-corrected chi connectivity index (χ0v) is 18.7. The maximum absolute atomic E-state index is 12.8. The molecule has 0 radical (unpaired) electrons. The molecule has 0 aliphatic rings. The molecule has 2 aromatic rings. The van der Waals surface area contributed by atoms with Gasteiger partial charge in [-0.05, 0) is 55.0 Å². The molecule has 9 heteroatoms. The summed E-state index contributed by atoms with van der Waals surface area (Å²) >= 11 is 8.41. The molecular weight excluding hydrogens is 481 g/mol. The first-order chi connectivity index (χ1) is 14.2. The molecule has 0 atom stereocenters. The molecule has 0 saturated carbocycles. The number of hydrogen-bond donors (Lipinski definition) is 2. The first-order valence-corrected chi connectivity index (χ1v) is 10.6. The molecule has 4 nitrogen and oxygen atoms in total. The van der Waals surface area contributed by atoms with E-state index >= 15 is 0 Å². The minimum Gasteiger partial charge on any atom is -0.493 e. The quantitative estimate of drug-likeness (QED) is 0.317. The average molecular weight is 503 g/mol. The summed E-state index contributed by atoms with van der Waals surface area (Å²) in [6.45, 7) is 2.60. The van der Waals surface area contributed by atoms with E-state index in [9.17, 15) is 18.0 Å². The highest BCUT2D eigenvalue weighted by molar-refractivity contribution is 9.10. The van der Waals surface area contributed by atoms with Gasteiger partial charge in [-0.15, -0.1) is 0 Å². The van der Waals surface area contributed by atoms with Crippen molar-refractivity contribution in [2.45, 2.75) is 38.8 Å². The molecule has 0 aromatic heterocycles. The van der Waals surface area contributed by atoms with Gasteiger partial charge < -0.3 is 10.1 Å². The van der Waals surface area contributed by atoms with Gasteiger partial charge >= 0.3 is 6.18 Å². The Kier molecular flexibility index (Phi) is 9.10. The lowest BCUT2D eigenvalue weighted by molar-refractivity contribution is -0.137. The van der Waals surface area contributed by atoms with Gasteiger partial charge in [0.15, 0.2) is 5.11 Å². The third-order valence-electron chi connectivity index (χ3n) is 4.12. The molecule has 0 fully saturated rings. The van der Waals surface area contributed by atoms with E-state index in [-0.39, 0.29) is 16.4 Å². The number of benzene rings is 2. The summed E-state index contributed by atoms with van der Waals surface area (Å²) in [6.07, 6.45) is -0.322. The van der Waals surface area contributed by atoms with E-state index in [4.69, 9.17) is 17.0 Å². The smallest absolute Gasteiger partial charge is 0.416 e. The molecule has 30 heavy (non-hydrogen) atoms. The van der Waals surface area contributed by atoms with Crippen LogP contribution in [-0.4, -0.2) is 17.6 Å². The molecule has 0 aliphatic heterocycles. The highest BCUT2D eigenvalue weighted by Gasteiger charge is 2.30. The number of ether oxygens (including phenoxy) is 1. The Morgan fingerprint density at radius 1 is 1.13 bits per heavy atom. The highest BCUT2D eigenvalue weighted by atomic mass is 79.9. The first kappa shape index (κ1) is 24.1. The Bertz CT molecular complexity index is 891. The predicted molar refractivity (Wildman–Crippen MR) is 119 cm³/mol. The normalized spacial score (nSPS) is 11.1. The van der Waals surface area contributed by atoms with Crippen LogP contribution in [0.2, 0.25) is 0 Å². The van der Waals surface area contributed by atoms with Crippen LogP contribution in [0.4, 0.5) is 18.9 Å². The molecule has 0 aliphatic carbocycles. The number of hydrogen-bond acceptors (Lipinski definition) is 3. The third-order valence-corrected chi connectivity index (χ3v) is 4.81. The minimum absolute atomic E-state index is 0.117. The topological polar surface area (TPSA) is 50.4 Å². The Balaban J connectivity index is 2.03. The van der Waals surface area contributed by atoms with Gasteiger partial charge in [-0.1, -0.05) is 48.2 Å². The number of carbonyl (C=O) groups is 1. The van der Waals surface area contributed by atoms with Crippen LogP contribution in [0.1, 0.15) is 48.5 Å². The van der Waals surface area contributed by atoms with E-state index in [0.29, 0.717) is 16.8 Å². The molecule has 0 bridgehead atoms. The molecule has 1 amide bonds. The van der Waals surface area contributed by atoms with Crippen molar-refractivity contribution >= 4 is 44.9 Å². The minimum atomic E-state index is -4.47. The molecule has 0 spiro atoms. The fourth-order valence-corrected chi connectivity index (χ4v) is 3.19. The number of carbonyl (C=O) groups excluding carboxylic acids is 1. The number of thiocarbonyl (C=S) groups is 1. The van der Waals surface area contributed by atoms with Crippen LogP contribution in [-0.2, 0) is 6.18 Å². The Morgan fingerprint density at radius 2 is 1.90 bits per heavy atom. The van der Waals surface area contributed by atoms with Crippen LogP contribution >= 0.6 is 28.1 Å². The predicted octanol–water partition coefficient (Wildman–Crippen LogP) is 6.55. The van der Waals surface area contributed by atoms with E-state index in [0.717, 1.165) is 37.8 Å². The summed E-state index contributed by atoms with van der Waals surface area (Å²) in [7, 11) is 0. The van der Waals surface area contributed by atoms with Crippen molar-refractivity contribution in [2.24, 2.45) is 0 Å². The summed E-state index contributed by atoms with van der Waals surface area (Å²) in [5.74, 6) is -0.113. The maximum Gasteiger partial charge on any atom is 0.416 e. The number of rotatable bonds is 8. The van der Waals surface area contributed by atoms with E-state index in [1.807, 2.05) is 0 Å². The second-order valence-electron chi connectivity index (χ2n) is 6.54.